The van der Waals surface area contributed by atoms with Crippen LogP contribution in [0.5, 0.6) is 0 Å². The minimum absolute atomic E-state index is 0.101. The molecule has 0 saturated carbocycles. The number of nitrogens with zero attached hydrogens (tertiary/aromatic N) is 1. The molecule has 0 saturated heterocycles. The summed E-state index contributed by atoms with van der Waals surface area (Å²) in [5, 5.41) is 0.639. The second kappa shape index (κ2) is 7.10. The molecule has 2 aromatic carbocycles. The molecular formula is C21H19ClN2O. The van der Waals surface area contributed by atoms with Crippen LogP contribution in [0.2, 0.25) is 5.28 Å². The van der Waals surface area contributed by atoms with Crippen molar-refractivity contribution in [2.45, 2.75) is 27.2 Å². The van der Waals surface area contributed by atoms with E-state index in [1.165, 1.54) is 0 Å². The SMILES string of the molecule is CCC=C=Cc1cc(C)c(-c2cccc3c(=O)[nH]c(Cl)nc23)c(C)c1. The molecule has 126 valence electrons. The summed E-state index contributed by atoms with van der Waals surface area (Å²) in [5.41, 5.74) is 8.92. The molecule has 1 N–H and O–H groups in total. The zero-order valence-corrected chi connectivity index (χ0v) is 15.2. The van der Waals surface area contributed by atoms with Crippen LogP contribution in [0.1, 0.15) is 30.0 Å². The number of benzene rings is 2. The van der Waals surface area contributed by atoms with Crippen molar-refractivity contribution in [3.8, 4) is 11.1 Å². The Labute approximate surface area is 151 Å². The molecule has 1 heterocycles. The number of nitrogens with one attached hydrogen (secondary N) is 1. The molecule has 0 spiro atoms. The molecule has 0 fully saturated rings. The van der Waals surface area contributed by atoms with E-state index in [0.29, 0.717) is 10.9 Å². The van der Waals surface area contributed by atoms with Crippen LogP contribution in [0, 0.1) is 13.8 Å². The van der Waals surface area contributed by atoms with Gasteiger partial charge in [0.05, 0.1) is 10.9 Å². The van der Waals surface area contributed by atoms with Gasteiger partial charge in [0, 0.05) is 5.56 Å². The van der Waals surface area contributed by atoms with Gasteiger partial charge in [-0.1, -0.05) is 31.2 Å². The largest absolute Gasteiger partial charge is 0.297 e. The first-order valence-electron chi connectivity index (χ1n) is 8.22. The van der Waals surface area contributed by atoms with Crippen LogP contribution < -0.4 is 5.56 Å². The molecule has 0 radical (unpaired) electrons. The number of aromatic amines is 1. The van der Waals surface area contributed by atoms with E-state index in [1.54, 1.807) is 6.07 Å². The molecule has 0 amide bonds. The Balaban J connectivity index is 2.26. The van der Waals surface area contributed by atoms with Crippen LogP contribution >= 0.6 is 11.6 Å². The van der Waals surface area contributed by atoms with Crippen molar-refractivity contribution in [2.75, 3.05) is 0 Å². The van der Waals surface area contributed by atoms with E-state index in [-0.39, 0.29) is 10.8 Å². The lowest BCUT2D eigenvalue weighted by molar-refractivity contribution is 1.17. The number of para-hydroxylation sites is 1. The topological polar surface area (TPSA) is 45.8 Å². The number of H-pyrrole nitrogens is 1. The quantitative estimate of drug-likeness (QED) is 0.505. The Morgan fingerprint density at radius 3 is 2.64 bits per heavy atom. The van der Waals surface area contributed by atoms with Crippen LogP contribution in [0.3, 0.4) is 0 Å². The molecular weight excluding hydrogens is 332 g/mol. The van der Waals surface area contributed by atoms with E-state index < -0.39 is 0 Å². The highest BCUT2D eigenvalue weighted by Gasteiger charge is 2.13. The van der Waals surface area contributed by atoms with E-state index in [1.807, 2.05) is 24.3 Å². The molecule has 3 rings (SSSR count). The molecule has 0 bridgehead atoms. The number of halogens is 1. The standard InChI is InChI=1S/C21H19ClN2O/c1-4-5-6-8-15-11-13(2)18(14(3)12-15)16-9-7-10-17-19(16)23-21(22)24-20(17)25/h5,7-12H,4H2,1-3H3,(H,23,24,25). The number of fused-ring (bicyclic) bond motifs is 1. The lowest BCUT2D eigenvalue weighted by Crippen LogP contribution is -2.08. The van der Waals surface area contributed by atoms with Crippen molar-refractivity contribution >= 4 is 28.6 Å². The molecule has 3 nitrogen and oxygen atoms in total. The Kier molecular flexibility index (Phi) is 4.89. The Hall–Kier alpha value is -2.61. The van der Waals surface area contributed by atoms with E-state index in [4.69, 9.17) is 11.6 Å². The van der Waals surface area contributed by atoms with E-state index >= 15 is 0 Å². The maximum atomic E-state index is 12.2. The number of aryl methyl sites for hydroxylation is 2. The fraction of sp³-hybridized carbons (Fsp3) is 0.190. The third kappa shape index (κ3) is 3.43. The lowest BCUT2D eigenvalue weighted by atomic mass is 9.92. The summed E-state index contributed by atoms with van der Waals surface area (Å²) < 4.78 is 0. The highest BCUT2D eigenvalue weighted by atomic mass is 35.5. The predicted octanol–water partition coefficient (Wildman–Crippen LogP) is 5.44. The second-order valence-electron chi connectivity index (χ2n) is 6.01. The van der Waals surface area contributed by atoms with Gasteiger partial charge in [0.25, 0.3) is 5.56 Å². The maximum Gasteiger partial charge on any atom is 0.259 e. The van der Waals surface area contributed by atoms with Crippen LogP contribution in [0.25, 0.3) is 28.1 Å². The smallest absolute Gasteiger partial charge is 0.259 e. The molecule has 25 heavy (non-hydrogen) atoms. The molecule has 0 unspecified atom stereocenters. The zero-order chi connectivity index (χ0) is 18.0. The van der Waals surface area contributed by atoms with Gasteiger partial charge in [0.15, 0.2) is 0 Å². The molecule has 1 aromatic heterocycles. The highest BCUT2D eigenvalue weighted by molar-refractivity contribution is 6.28. The fourth-order valence-electron chi connectivity index (χ4n) is 3.11. The Morgan fingerprint density at radius 1 is 1.24 bits per heavy atom. The Morgan fingerprint density at radius 2 is 1.96 bits per heavy atom. The van der Waals surface area contributed by atoms with Gasteiger partial charge in [-0.3, -0.25) is 9.78 Å². The van der Waals surface area contributed by atoms with Gasteiger partial charge in [0.1, 0.15) is 0 Å². The van der Waals surface area contributed by atoms with Gasteiger partial charge < -0.3 is 0 Å². The van der Waals surface area contributed by atoms with E-state index in [2.05, 4.69) is 48.6 Å². The number of hydrogen-bond donors (Lipinski definition) is 1. The van der Waals surface area contributed by atoms with Gasteiger partial charge in [-0.2, -0.15) is 0 Å². The van der Waals surface area contributed by atoms with Crippen molar-refractivity contribution in [2.24, 2.45) is 0 Å². The number of rotatable bonds is 3. The molecule has 4 heteroatoms. The number of aromatic nitrogens is 2. The first-order valence-corrected chi connectivity index (χ1v) is 8.60. The summed E-state index contributed by atoms with van der Waals surface area (Å²) in [7, 11) is 0. The molecule has 0 aliphatic heterocycles. The van der Waals surface area contributed by atoms with Crippen molar-refractivity contribution in [1.29, 1.82) is 0 Å². The molecule has 0 aliphatic carbocycles. The van der Waals surface area contributed by atoms with Crippen molar-refractivity contribution in [1.82, 2.24) is 9.97 Å². The van der Waals surface area contributed by atoms with Gasteiger partial charge in [-0.15, -0.1) is 5.73 Å². The minimum atomic E-state index is -0.226. The normalized spacial score (nSPS) is 10.6. The van der Waals surface area contributed by atoms with E-state index in [0.717, 1.165) is 34.2 Å². The molecule has 0 aliphatic rings. The van der Waals surface area contributed by atoms with Crippen LogP contribution in [-0.4, -0.2) is 9.97 Å². The zero-order valence-electron chi connectivity index (χ0n) is 14.5. The summed E-state index contributed by atoms with van der Waals surface area (Å²) in [6.07, 6.45) is 4.95. The average molecular weight is 351 g/mol. The molecule has 3 aromatic rings. The minimum Gasteiger partial charge on any atom is -0.297 e. The van der Waals surface area contributed by atoms with Crippen LogP contribution in [0.4, 0.5) is 0 Å². The number of allylic oxidation sites excluding steroid dienone is 1. The third-order valence-corrected chi connectivity index (χ3v) is 4.28. The van der Waals surface area contributed by atoms with Crippen molar-refractivity contribution in [3.63, 3.8) is 0 Å². The van der Waals surface area contributed by atoms with Gasteiger partial charge in [0.2, 0.25) is 5.28 Å². The first-order chi connectivity index (χ1) is 12.0. The molecule has 0 atom stereocenters. The third-order valence-electron chi connectivity index (χ3n) is 4.10. The predicted molar refractivity (Wildman–Crippen MR) is 105 cm³/mol. The van der Waals surface area contributed by atoms with Gasteiger partial charge >= 0.3 is 0 Å². The first kappa shape index (κ1) is 17.2. The fourth-order valence-corrected chi connectivity index (χ4v) is 3.28. The summed E-state index contributed by atoms with van der Waals surface area (Å²) >= 11 is 5.98. The summed E-state index contributed by atoms with van der Waals surface area (Å²) in [6, 6.07) is 9.85. The monoisotopic (exact) mass is 350 g/mol. The maximum absolute atomic E-state index is 12.2. The highest BCUT2D eigenvalue weighted by Crippen LogP contribution is 2.32. The Bertz CT molecular complexity index is 1050. The second-order valence-corrected chi connectivity index (χ2v) is 6.37. The van der Waals surface area contributed by atoms with Gasteiger partial charge in [-0.25, -0.2) is 4.98 Å². The summed E-state index contributed by atoms with van der Waals surface area (Å²) in [6.45, 7) is 6.22. The van der Waals surface area contributed by atoms with Gasteiger partial charge in [-0.05, 0) is 72.3 Å². The van der Waals surface area contributed by atoms with Crippen molar-refractivity contribution < 1.29 is 0 Å². The number of hydrogen-bond acceptors (Lipinski definition) is 2. The van der Waals surface area contributed by atoms with Crippen molar-refractivity contribution in [3.05, 3.63) is 74.5 Å². The summed E-state index contributed by atoms with van der Waals surface area (Å²) in [4.78, 5) is 19.1. The summed E-state index contributed by atoms with van der Waals surface area (Å²) in [5.74, 6) is 0. The average Bonchev–Trinajstić information content (AvgIpc) is 2.55. The lowest BCUT2D eigenvalue weighted by Gasteiger charge is -2.13. The van der Waals surface area contributed by atoms with Crippen LogP contribution in [0.15, 0.2) is 46.9 Å². The van der Waals surface area contributed by atoms with Crippen LogP contribution in [-0.2, 0) is 0 Å². The van der Waals surface area contributed by atoms with E-state index in [9.17, 15) is 4.79 Å².